The molecule has 0 saturated carbocycles. The summed E-state index contributed by atoms with van der Waals surface area (Å²) in [5.74, 6) is -3.11. The minimum Gasteiger partial charge on any atom is -0.478 e. The Morgan fingerprint density at radius 2 is 0.881 bits per heavy atom. The van der Waals surface area contributed by atoms with Crippen LogP contribution in [0.2, 0.25) is 0 Å². The average Bonchev–Trinajstić information content (AvgIpc) is 3.36. The largest absolute Gasteiger partial charge is 0.478 e. The van der Waals surface area contributed by atoms with E-state index in [1.54, 1.807) is 24.3 Å². The summed E-state index contributed by atoms with van der Waals surface area (Å²) in [4.78, 5) is 52.1. The van der Waals surface area contributed by atoms with Crippen LogP contribution in [0, 0.1) is 0 Å². The third-order valence-corrected chi connectivity index (χ3v) is 11.8. The summed E-state index contributed by atoms with van der Waals surface area (Å²) in [6.45, 7) is 9.74. The van der Waals surface area contributed by atoms with E-state index in [2.05, 4.69) is 10.6 Å². The van der Waals surface area contributed by atoms with E-state index < -0.39 is 36.4 Å². The molecule has 67 heavy (non-hydrogen) atoms. The van der Waals surface area contributed by atoms with Gasteiger partial charge in [-0.25, -0.2) is 9.59 Å². The molecule has 4 unspecified atom stereocenters. The van der Waals surface area contributed by atoms with Crippen molar-refractivity contribution >= 4 is 34.9 Å². The summed E-state index contributed by atoms with van der Waals surface area (Å²) < 4.78 is 28.1. The molecule has 346 valence electrons. The lowest BCUT2D eigenvalue weighted by molar-refractivity contribution is -0.140. The van der Waals surface area contributed by atoms with Gasteiger partial charge in [-0.05, 0) is 86.3 Å². The molecule has 0 saturated heterocycles. The Kier molecular flexibility index (Phi) is 16.1. The van der Waals surface area contributed by atoms with E-state index in [1.165, 1.54) is 13.2 Å². The molecule has 2 heterocycles. The van der Waals surface area contributed by atoms with Crippen LogP contribution < -0.4 is 10.6 Å². The van der Waals surface area contributed by atoms with Crippen molar-refractivity contribution in [1.82, 2.24) is 0 Å². The van der Waals surface area contributed by atoms with E-state index in [1.807, 2.05) is 143 Å². The van der Waals surface area contributed by atoms with Crippen LogP contribution >= 0.6 is 0 Å². The van der Waals surface area contributed by atoms with Crippen molar-refractivity contribution in [3.8, 4) is 0 Å². The first-order valence-electron chi connectivity index (χ1n) is 22.6. The number of nitrogens with one attached hydrogen (secondary N) is 2. The van der Waals surface area contributed by atoms with Crippen molar-refractivity contribution in [1.29, 1.82) is 0 Å². The molecule has 6 aromatic rings. The minimum atomic E-state index is -1.12. The van der Waals surface area contributed by atoms with Gasteiger partial charge in [-0.1, -0.05) is 109 Å². The average molecular weight is 905 g/mol. The first kappa shape index (κ1) is 48.0. The third-order valence-electron chi connectivity index (χ3n) is 11.8. The summed E-state index contributed by atoms with van der Waals surface area (Å²) in [7, 11) is 1.32. The molecule has 0 aliphatic carbocycles. The second-order valence-electron chi connectivity index (χ2n) is 15.8. The van der Waals surface area contributed by atoms with Crippen LogP contribution in [0.5, 0.6) is 0 Å². The molecule has 6 aromatic carbocycles. The summed E-state index contributed by atoms with van der Waals surface area (Å²) in [6.07, 6.45) is -0.983. The Balaban J connectivity index is 0.000000199. The maximum atomic E-state index is 14.0. The standard InChI is InChI=1S/C28H29NO5.C27H27NO5/c1-4-33-28(34-5-2)20-14-9-13-19(17-20)25-23(18-11-7-6-8-12-18)26(30)24-21(27(31)32-3)15-10-16-22(24)29-25;1-3-32-27(33-4-2)19-13-8-12-18(16-19)24-22(17-10-6-5-7-11-17)25(29)23-20(26(30)31)14-9-15-21(23)28-24/h6-17,23,25,28-29H,4-5H2,1-3H3;5-16,22,24,27-28H,3-4H2,1-2H3,(H,30,31). The molecule has 2 aliphatic rings. The number of carbonyl (C=O) groups excluding carboxylic acids is 3. The number of fused-ring (bicyclic) bond motifs is 2. The summed E-state index contributed by atoms with van der Waals surface area (Å²) in [5, 5.41) is 16.7. The zero-order valence-corrected chi connectivity index (χ0v) is 38.3. The van der Waals surface area contributed by atoms with Crippen LogP contribution in [0.15, 0.2) is 146 Å². The van der Waals surface area contributed by atoms with Gasteiger partial charge in [-0.2, -0.15) is 0 Å². The molecule has 0 radical (unpaired) electrons. The lowest BCUT2D eigenvalue weighted by Crippen LogP contribution is -2.33. The van der Waals surface area contributed by atoms with Crippen molar-refractivity contribution < 1.29 is 48.0 Å². The molecule has 8 rings (SSSR count). The van der Waals surface area contributed by atoms with Crippen LogP contribution in [0.1, 0.15) is 139 Å². The minimum absolute atomic E-state index is 0.00545. The first-order valence-corrected chi connectivity index (χ1v) is 22.6. The van der Waals surface area contributed by atoms with Gasteiger partial charge >= 0.3 is 11.9 Å². The Hall–Kier alpha value is -6.96. The van der Waals surface area contributed by atoms with Gasteiger partial charge in [-0.3, -0.25) is 9.59 Å². The van der Waals surface area contributed by atoms with E-state index in [-0.39, 0.29) is 40.3 Å². The number of ether oxygens (including phenoxy) is 5. The highest BCUT2D eigenvalue weighted by Crippen LogP contribution is 2.46. The highest BCUT2D eigenvalue weighted by molar-refractivity contribution is 6.15. The number of carboxylic acids is 1. The van der Waals surface area contributed by atoms with Crippen LogP contribution in [0.25, 0.3) is 0 Å². The summed E-state index contributed by atoms with van der Waals surface area (Å²) >= 11 is 0. The van der Waals surface area contributed by atoms with Crippen LogP contribution in [-0.4, -0.2) is 62.1 Å². The van der Waals surface area contributed by atoms with E-state index in [0.717, 1.165) is 33.4 Å². The first-order chi connectivity index (χ1) is 32.6. The molecule has 4 atom stereocenters. The van der Waals surface area contributed by atoms with Gasteiger partial charge in [0, 0.05) is 48.9 Å². The second kappa shape index (κ2) is 22.5. The Labute approximate surface area is 391 Å². The van der Waals surface area contributed by atoms with Crippen molar-refractivity contribution in [3.05, 3.63) is 201 Å². The molecule has 12 nitrogen and oxygen atoms in total. The van der Waals surface area contributed by atoms with E-state index >= 15 is 0 Å². The molecule has 0 fully saturated rings. The van der Waals surface area contributed by atoms with Crippen LogP contribution in [0.3, 0.4) is 0 Å². The van der Waals surface area contributed by atoms with Crippen LogP contribution in [-0.2, 0) is 23.7 Å². The smallest absolute Gasteiger partial charge is 0.338 e. The summed E-state index contributed by atoms with van der Waals surface area (Å²) in [6, 6.07) is 44.2. The lowest BCUT2D eigenvalue weighted by atomic mass is 9.77. The topological polar surface area (TPSA) is 159 Å². The van der Waals surface area contributed by atoms with Crippen molar-refractivity contribution in [2.75, 3.05) is 44.2 Å². The van der Waals surface area contributed by atoms with E-state index in [4.69, 9.17) is 23.7 Å². The molecular weight excluding hydrogens is 849 g/mol. The Morgan fingerprint density at radius 3 is 1.27 bits per heavy atom. The van der Waals surface area contributed by atoms with Gasteiger partial charge in [0.05, 0.1) is 53.3 Å². The Bertz CT molecular complexity index is 2660. The van der Waals surface area contributed by atoms with Gasteiger partial charge in [-0.15, -0.1) is 0 Å². The number of methoxy groups -OCH3 is 1. The van der Waals surface area contributed by atoms with E-state index in [9.17, 15) is 24.3 Å². The predicted octanol–water partition coefficient (Wildman–Crippen LogP) is 11.3. The van der Waals surface area contributed by atoms with Gasteiger partial charge in [0.15, 0.2) is 24.1 Å². The number of hydrogen-bond acceptors (Lipinski definition) is 11. The predicted molar refractivity (Wildman–Crippen MR) is 256 cm³/mol. The highest BCUT2D eigenvalue weighted by atomic mass is 16.7. The van der Waals surface area contributed by atoms with Gasteiger partial charge in [0.1, 0.15) is 0 Å². The molecular formula is C55H56N2O10. The van der Waals surface area contributed by atoms with Gasteiger partial charge < -0.3 is 39.4 Å². The van der Waals surface area contributed by atoms with Crippen LogP contribution in [0.4, 0.5) is 11.4 Å². The zero-order valence-electron chi connectivity index (χ0n) is 38.3. The lowest BCUT2D eigenvalue weighted by Gasteiger charge is -2.35. The number of benzene rings is 6. The number of esters is 1. The number of hydrogen-bond donors (Lipinski definition) is 3. The normalized spacial score (nSPS) is 17.4. The Morgan fingerprint density at radius 1 is 0.507 bits per heavy atom. The molecule has 0 spiro atoms. The molecule has 0 aromatic heterocycles. The maximum absolute atomic E-state index is 14.0. The molecule has 12 heteroatoms. The fourth-order valence-corrected chi connectivity index (χ4v) is 8.89. The second-order valence-corrected chi connectivity index (χ2v) is 15.8. The number of ketones is 2. The number of rotatable bonds is 16. The third kappa shape index (κ3) is 10.5. The SMILES string of the molecule is CCOC(OCC)c1cccc(C2Nc3cccc(C(=O)O)c3C(=O)C2c2ccccc2)c1.CCOC(OCC)c1cccc(C2Nc3cccc(C(=O)OC)c3C(=O)C2c2ccccc2)c1. The van der Waals surface area contributed by atoms with Crippen molar-refractivity contribution in [2.24, 2.45) is 0 Å². The molecule has 0 bridgehead atoms. The molecule has 3 N–H and O–H groups in total. The quantitative estimate of drug-likeness (QED) is 0.0624. The number of carbonyl (C=O) groups is 4. The number of anilines is 2. The summed E-state index contributed by atoms with van der Waals surface area (Å²) in [5.41, 5.74) is 7.24. The highest BCUT2D eigenvalue weighted by Gasteiger charge is 2.41. The zero-order chi connectivity index (χ0) is 47.5. The van der Waals surface area contributed by atoms with Gasteiger partial charge in [0.2, 0.25) is 0 Å². The van der Waals surface area contributed by atoms with Crippen molar-refractivity contribution in [3.63, 3.8) is 0 Å². The van der Waals surface area contributed by atoms with Gasteiger partial charge in [0.25, 0.3) is 0 Å². The molecule has 2 aliphatic heterocycles. The number of Topliss-reactive ketones (excluding diaryl/α,β-unsaturated/α-hetero) is 2. The fourth-order valence-electron chi connectivity index (χ4n) is 8.89. The molecule has 0 amide bonds. The number of aromatic carboxylic acids is 1. The van der Waals surface area contributed by atoms with Crippen molar-refractivity contribution in [2.45, 2.75) is 64.2 Å². The maximum Gasteiger partial charge on any atom is 0.338 e. The van der Waals surface area contributed by atoms with E-state index in [0.29, 0.717) is 43.4 Å². The fraction of sp³-hybridized carbons (Fsp3) is 0.273. The number of carboxylic acid groups (broad SMARTS) is 1. The monoisotopic (exact) mass is 904 g/mol.